The Labute approximate surface area is 132 Å². The molecule has 0 aromatic heterocycles. The van der Waals surface area contributed by atoms with Crippen molar-refractivity contribution < 1.29 is 9.84 Å². The average Bonchev–Trinajstić information content (AvgIpc) is 2.51. The molecule has 3 atom stereocenters. The van der Waals surface area contributed by atoms with Crippen molar-refractivity contribution in [3.8, 4) is 5.75 Å². The number of hydrogen-bond donors (Lipinski definition) is 1. The molecule has 2 bridgehead atoms. The molecule has 0 saturated carbocycles. The zero-order valence-electron chi connectivity index (χ0n) is 13.3. The van der Waals surface area contributed by atoms with Crippen molar-refractivity contribution in [2.45, 2.75) is 50.2 Å². The Morgan fingerprint density at radius 3 is 3.14 bits per heavy atom. The Balaban J connectivity index is 1.87. The molecule has 0 radical (unpaired) electrons. The fraction of sp³-hybridized carbons (Fsp3) is 0.579. The van der Waals surface area contributed by atoms with Gasteiger partial charge in [-0.25, -0.2) is 0 Å². The Bertz CT molecular complexity index is 612. The number of likely N-dealkylation sites (tertiary alicyclic amines) is 1. The van der Waals surface area contributed by atoms with Crippen molar-refractivity contribution in [1.82, 2.24) is 4.90 Å². The highest BCUT2D eigenvalue weighted by Gasteiger charge is 2.55. The van der Waals surface area contributed by atoms with Crippen LogP contribution < -0.4 is 0 Å². The maximum atomic E-state index is 10.1. The third kappa shape index (κ3) is 1.88. The first kappa shape index (κ1) is 14.3. The highest BCUT2D eigenvalue weighted by Crippen LogP contribution is 2.52. The summed E-state index contributed by atoms with van der Waals surface area (Å²) < 4.78 is 6.30. The lowest BCUT2D eigenvalue weighted by molar-refractivity contribution is -0.125. The SMILES string of the molecule is C=CCN1CC[C@]23CCCO[C@H]2[C@H]1Cc1c(C)cc(O)cc13. The van der Waals surface area contributed by atoms with Gasteiger partial charge >= 0.3 is 0 Å². The van der Waals surface area contributed by atoms with Crippen molar-refractivity contribution in [3.63, 3.8) is 0 Å². The molecule has 1 aromatic carbocycles. The highest BCUT2D eigenvalue weighted by molar-refractivity contribution is 5.49. The number of phenols is 1. The van der Waals surface area contributed by atoms with Crippen LogP contribution in [0.4, 0.5) is 0 Å². The standard InChI is InChI=1S/C19H25NO2/c1-3-7-20-8-6-19-5-4-9-22-18(19)17(20)12-15-13(2)10-14(21)11-16(15)19/h3,10-11,17-18,21H,1,4-9,12H2,2H3/t17-,18+,19+/m1/s1. The van der Waals surface area contributed by atoms with Crippen LogP contribution in [0.2, 0.25) is 0 Å². The lowest BCUT2D eigenvalue weighted by Gasteiger charge is -2.58. The van der Waals surface area contributed by atoms with Crippen LogP contribution in [0.1, 0.15) is 36.0 Å². The van der Waals surface area contributed by atoms with Crippen molar-refractivity contribution in [3.05, 3.63) is 41.5 Å². The van der Waals surface area contributed by atoms with Crippen LogP contribution in [-0.4, -0.2) is 41.8 Å². The second-order valence-electron chi connectivity index (χ2n) is 7.14. The molecule has 2 saturated heterocycles. The predicted molar refractivity (Wildman–Crippen MR) is 87.4 cm³/mol. The number of hydrogen-bond acceptors (Lipinski definition) is 3. The summed E-state index contributed by atoms with van der Waals surface area (Å²) in [6.45, 7) is 8.96. The molecule has 3 nitrogen and oxygen atoms in total. The zero-order valence-corrected chi connectivity index (χ0v) is 13.3. The number of benzene rings is 1. The smallest absolute Gasteiger partial charge is 0.116 e. The van der Waals surface area contributed by atoms with Crippen LogP contribution in [0.3, 0.4) is 0 Å². The molecule has 4 rings (SSSR count). The van der Waals surface area contributed by atoms with Crippen molar-refractivity contribution in [1.29, 1.82) is 0 Å². The van der Waals surface area contributed by atoms with E-state index in [9.17, 15) is 5.11 Å². The van der Waals surface area contributed by atoms with Crippen LogP contribution in [0.15, 0.2) is 24.8 Å². The van der Waals surface area contributed by atoms with E-state index in [1.54, 1.807) is 0 Å². The molecular formula is C19H25NO2. The highest BCUT2D eigenvalue weighted by atomic mass is 16.5. The summed E-state index contributed by atoms with van der Waals surface area (Å²) in [5, 5.41) is 10.1. The van der Waals surface area contributed by atoms with Gasteiger partial charge in [-0.2, -0.15) is 0 Å². The summed E-state index contributed by atoms with van der Waals surface area (Å²) in [6, 6.07) is 4.37. The number of nitrogens with zero attached hydrogens (tertiary/aromatic N) is 1. The number of phenolic OH excluding ortho intramolecular Hbond substituents is 1. The van der Waals surface area contributed by atoms with Gasteiger partial charge in [0.1, 0.15) is 5.75 Å². The first-order valence-electron chi connectivity index (χ1n) is 8.45. The lowest BCUT2D eigenvalue weighted by Crippen LogP contribution is -2.65. The van der Waals surface area contributed by atoms with Gasteiger partial charge in [0.25, 0.3) is 0 Å². The van der Waals surface area contributed by atoms with E-state index in [1.165, 1.54) is 23.1 Å². The molecule has 2 aliphatic heterocycles. The van der Waals surface area contributed by atoms with Crippen LogP contribution >= 0.6 is 0 Å². The molecule has 118 valence electrons. The fourth-order valence-electron chi connectivity index (χ4n) is 5.12. The van der Waals surface area contributed by atoms with Crippen molar-refractivity contribution in [2.24, 2.45) is 0 Å². The van der Waals surface area contributed by atoms with E-state index in [2.05, 4.69) is 18.4 Å². The third-order valence-corrected chi connectivity index (χ3v) is 6.04. The molecule has 22 heavy (non-hydrogen) atoms. The van der Waals surface area contributed by atoms with Gasteiger partial charge in [-0.3, -0.25) is 4.90 Å². The molecule has 1 N–H and O–H groups in total. The topological polar surface area (TPSA) is 32.7 Å². The summed E-state index contributed by atoms with van der Waals surface area (Å²) in [5.41, 5.74) is 4.14. The predicted octanol–water partition coefficient (Wildman–Crippen LogP) is 2.93. The number of fused-ring (bicyclic) bond motifs is 1. The molecule has 0 unspecified atom stereocenters. The van der Waals surface area contributed by atoms with Crippen molar-refractivity contribution in [2.75, 3.05) is 19.7 Å². The molecule has 1 aromatic rings. The molecule has 2 fully saturated rings. The molecule has 3 aliphatic rings. The Kier molecular flexibility index (Phi) is 3.31. The van der Waals surface area contributed by atoms with E-state index in [-0.39, 0.29) is 11.5 Å². The molecule has 3 heteroatoms. The van der Waals surface area contributed by atoms with Crippen LogP contribution in [-0.2, 0) is 16.6 Å². The van der Waals surface area contributed by atoms with Gasteiger partial charge in [0.05, 0.1) is 6.10 Å². The third-order valence-electron chi connectivity index (χ3n) is 6.04. The number of aryl methyl sites for hydroxylation is 1. The average molecular weight is 299 g/mol. The van der Waals surface area contributed by atoms with Gasteiger partial charge in [0.2, 0.25) is 0 Å². The van der Waals surface area contributed by atoms with Crippen LogP contribution in [0.25, 0.3) is 0 Å². The number of piperidine rings is 1. The maximum absolute atomic E-state index is 10.1. The minimum atomic E-state index is 0.109. The van der Waals surface area contributed by atoms with Gasteiger partial charge in [0.15, 0.2) is 0 Å². The second-order valence-corrected chi connectivity index (χ2v) is 7.14. The molecule has 0 spiro atoms. The number of aromatic hydroxyl groups is 1. The Hall–Kier alpha value is -1.32. The van der Waals surface area contributed by atoms with Gasteiger partial charge in [0, 0.05) is 24.6 Å². The second kappa shape index (κ2) is 5.10. The van der Waals surface area contributed by atoms with Gasteiger partial charge in [-0.05, 0) is 68.0 Å². The first-order valence-corrected chi connectivity index (χ1v) is 8.45. The monoisotopic (exact) mass is 299 g/mol. The normalized spacial score (nSPS) is 33.9. The summed E-state index contributed by atoms with van der Waals surface area (Å²) in [5.74, 6) is 0.405. The van der Waals surface area contributed by atoms with E-state index in [1.807, 2.05) is 18.2 Å². The van der Waals surface area contributed by atoms with Crippen molar-refractivity contribution >= 4 is 0 Å². The van der Waals surface area contributed by atoms with E-state index < -0.39 is 0 Å². The summed E-state index contributed by atoms with van der Waals surface area (Å²) in [4.78, 5) is 2.54. The fourth-order valence-corrected chi connectivity index (χ4v) is 5.12. The van der Waals surface area contributed by atoms with Crippen LogP contribution in [0, 0.1) is 6.92 Å². The van der Waals surface area contributed by atoms with E-state index in [4.69, 9.17) is 4.74 Å². The van der Waals surface area contributed by atoms with E-state index in [0.29, 0.717) is 11.8 Å². The lowest BCUT2D eigenvalue weighted by atomic mass is 9.58. The summed E-state index contributed by atoms with van der Waals surface area (Å²) >= 11 is 0. The van der Waals surface area contributed by atoms with E-state index in [0.717, 1.165) is 39.0 Å². The van der Waals surface area contributed by atoms with Crippen LogP contribution in [0.5, 0.6) is 5.75 Å². The minimum Gasteiger partial charge on any atom is -0.508 e. The minimum absolute atomic E-state index is 0.109. The van der Waals surface area contributed by atoms with Gasteiger partial charge < -0.3 is 9.84 Å². The zero-order chi connectivity index (χ0) is 15.3. The Morgan fingerprint density at radius 1 is 1.45 bits per heavy atom. The van der Waals surface area contributed by atoms with Gasteiger partial charge in [-0.1, -0.05) is 6.08 Å². The summed E-state index contributed by atoms with van der Waals surface area (Å²) in [6.07, 6.45) is 6.74. The molecular weight excluding hydrogens is 274 g/mol. The van der Waals surface area contributed by atoms with Gasteiger partial charge in [-0.15, -0.1) is 6.58 Å². The first-order chi connectivity index (χ1) is 10.7. The molecule has 2 heterocycles. The number of rotatable bonds is 2. The Morgan fingerprint density at radius 2 is 2.32 bits per heavy atom. The number of ether oxygens (including phenoxy) is 1. The molecule has 0 amide bonds. The maximum Gasteiger partial charge on any atom is 0.116 e. The van der Waals surface area contributed by atoms with E-state index >= 15 is 0 Å². The quantitative estimate of drug-likeness (QED) is 0.852. The largest absolute Gasteiger partial charge is 0.508 e. The summed E-state index contributed by atoms with van der Waals surface area (Å²) in [7, 11) is 0. The molecule has 1 aliphatic carbocycles.